The summed E-state index contributed by atoms with van der Waals surface area (Å²) in [6.45, 7) is 7.21. The SMILES string of the molecule is CC(C)C#CCN1C[C@@H]2C[C@H]1CO2. The highest BCUT2D eigenvalue weighted by atomic mass is 16.5. The number of likely N-dealkylation sites (tertiary alicyclic amines) is 1. The average Bonchev–Trinajstić information content (AvgIpc) is 2.64. The van der Waals surface area contributed by atoms with Gasteiger partial charge in [-0.15, -0.1) is 0 Å². The topological polar surface area (TPSA) is 12.5 Å². The second-order valence-electron chi connectivity index (χ2n) is 4.25. The molecule has 0 N–H and O–H groups in total. The Hall–Kier alpha value is -0.520. The number of ether oxygens (including phenoxy) is 1. The molecule has 2 rings (SSSR count). The maximum absolute atomic E-state index is 5.52. The third-order valence-corrected chi connectivity index (χ3v) is 2.69. The molecule has 0 aromatic rings. The van der Waals surface area contributed by atoms with Crippen LogP contribution in [-0.4, -0.2) is 36.7 Å². The molecule has 2 fully saturated rings. The Labute approximate surface area is 80.2 Å². The van der Waals surface area contributed by atoms with Gasteiger partial charge in [-0.3, -0.25) is 4.90 Å². The van der Waals surface area contributed by atoms with E-state index in [2.05, 4.69) is 30.6 Å². The van der Waals surface area contributed by atoms with Crippen LogP contribution < -0.4 is 0 Å². The van der Waals surface area contributed by atoms with Crippen molar-refractivity contribution in [3.05, 3.63) is 0 Å². The minimum absolute atomic E-state index is 0.496. The summed E-state index contributed by atoms with van der Waals surface area (Å²) in [4.78, 5) is 2.45. The molecule has 0 spiro atoms. The van der Waals surface area contributed by atoms with Crippen LogP contribution in [0.3, 0.4) is 0 Å². The maximum atomic E-state index is 5.52. The molecule has 2 aliphatic rings. The van der Waals surface area contributed by atoms with E-state index in [0.29, 0.717) is 18.1 Å². The van der Waals surface area contributed by atoms with E-state index in [9.17, 15) is 0 Å². The van der Waals surface area contributed by atoms with E-state index < -0.39 is 0 Å². The molecule has 2 nitrogen and oxygen atoms in total. The normalized spacial score (nSPS) is 32.2. The molecular weight excluding hydrogens is 162 g/mol. The molecule has 0 amide bonds. The second kappa shape index (κ2) is 3.69. The molecule has 0 saturated carbocycles. The highest BCUT2D eigenvalue weighted by Crippen LogP contribution is 2.26. The molecule has 2 saturated heterocycles. The molecule has 2 aliphatic heterocycles. The Bertz CT molecular complexity index is 238. The highest BCUT2D eigenvalue weighted by Gasteiger charge is 2.38. The van der Waals surface area contributed by atoms with E-state index >= 15 is 0 Å². The van der Waals surface area contributed by atoms with Gasteiger partial charge in [0.1, 0.15) is 0 Å². The summed E-state index contributed by atoms with van der Waals surface area (Å²) >= 11 is 0. The van der Waals surface area contributed by atoms with E-state index in [0.717, 1.165) is 19.7 Å². The van der Waals surface area contributed by atoms with Gasteiger partial charge in [0.05, 0.1) is 19.3 Å². The van der Waals surface area contributed by atoms with Crippen molar-refractivity contribution in [1.29, 1.82) is 0 Å². The zero-order valence-electron chi connectivity index (χ0n) is 8.42. The molecular formula is C11H17NO. The van der Waals surface area contributed by atoms with Crippen LogP contribution in [0.5, 0.6) is 0 Å². The van der Waals surface area contributed by atoms with Gasteiger partial charge in [-0.05, 0) is 6.42 Å². The van der Waals surface area contributed by atoms with Crippen LogP contribution in [0.15, 0.2) is 0 Å². The van der Waals surface area contributed by atoms with Crippen LogP contribution in [0.25, 0.3) is 0 Å². The number of nitrogens with zero attached hydrogens (tertiary/aromatic N) is 1. The zero-order valence-corrected chi connectivity index (χ0v) is 8.42. The number of hydrogen-bond donors (Lipinski definition) is 0. The minimum atomic E-state index is 0.496. The monoisotopic (exact) mass is 179 g/mol. The number of fused-ring (bicyclic) bond motifs is 2. The van der Waals surface area contributed by atoms with Crippen molar-refractivity contribution >= 4 is 0 Å². The fraction of sp³-hybridized carbons (Fsp3) is 0.818. The first kappa shape index (κ1) is 9.05. The summed E-state index contributed by atoms with van der Waals surface area (Å²) in [5, 5.41) is 0. The predicted octanol–water partition coefficient (Wildman–Crippen LogP) is 1.12. The molecule has 0 aromatic carbocycles. The molecule has 2 bridgehead atoms. The van der Waals surface area contributed by atoms with Gasteiger partial charge in [0.15, 0.2) is 0 Å². The van der Waals surface area contributed by atoms with Gasteiger partial charge in [-0.2, -0.15) is 0 Å². The Morgan fingerprint density at radius 2 is 2.38 bits per heavy atom. The largest absolute Gasteiger partial charge is 0.375 e. The molecule has 13 heavy (non-hydrogen) atoms. The third-order valence-electron chi connectivity index (χ3n) is 2.69. The highest BCUT2D eigenvalue weighted by molar-refractivity contribution is 5.06. The summed E-state index contributed by atoms with van der Waals surface area (Å²) < 4.78 is 5.52. The molecule has 2 heterocycles. The molecule has 2 atom stereocenters. The van der Waals surface area contributed by atoms with Gasteiger partial charge in [-0.1, -0.05) is 25.7 Å². The third kappa shape index (κ3) is 2.04. The Morgan fingerprint density at radius 1 is 1.54 bits per heavy atom. The van der Waals surface area contributed by atoms with Gasteiger partial charge in [0.25, 0.3) is 0 Å². The maximum Gasteiger partial charge on any atom is 0.0719 e. The molecule has 72 valence electrons. The van der Waals surface area contributed by atoms with Crippen LogP contribution in [0.4, 0.5) is 0 Å². The van der Waals surface area contributed by atoms with E-state index in [4.69, 9.17) is 4.74 Å². The van der Waals surface area contributed by atoms with Gasteiger partial charge >= 0.3 is 0 Å². The first-order chi connectivity index (χ1) is 6.25. The van der Waals surface area contributed by atoms with Crippen LogP contribution in [0.2, 0.25) is 0 Å². The van der Waals surface area contributed by atoms with Crippen molar-refractivity contribution in [3.8, 4) is 11.8 Å². The van der Waals surface area contributed by atoms with Crippen molar-refractivity contribution in [2.75, 3.05) is 19.7 Å². The smallest absolute Gasteiger partial charge is 0.0719 e. The lowest BCUT2D eigenvalue weighted by atomic mass is 10.2. The van der Waals surface area contributed by atoms with Crippen molar-refractivity contribution in [3.63, 3.8) is 0 Å². The van der Waals surface area contributed by atoms with E-state index in [-0.39, 0.29) is 0 Å². The molecule has 0 radical (unpaired) electrons. The predicted molar refractivity (Wildman–Crippen MR) is 52.3 cm³/mol. The van der Waals surface area contributed by atoms with E-state index in [1.54, 1.807) is 0 Å². The van der Waals surface area contributed by atoms with Gasteiger partial charge in [0.2, 0.25) is 0 Å². The van der Waals surface area contributed by atoms with Gasteiger partial charge in [0, 0.05) is 18.5 Å². The Balaban J connectivity index is 1.81. The summed E-state index contributed by atoms with van der Waals surface area (Å²) in [6.07, 6.45) is 1.73. The van der Waals surface area contributed by atoms with Crippen molar-refractivity contribution in [2.45, 2.75) is 32.4 Å². The van der Waals surface area contributed by atoms with Crippen LogP contribution in [0.1, 0.15) is 20.3 Å². The fourth-order valence-electron chi connectivity index (χ4n) is 2.02. The van der Waals surface area contributed by atoms with Crippen molar-refractivity contribution in [2.24, 2.45) is 5.92 Å². The summed E-state index contributed by atoms with van der Waals surface area (Å²) in [6, 6.07) is 0.659. The lowest BCUT2D eigenvalue weighted by Gasteiger charge is -2.24. The summed E-state index contributed by atoms with van der Waals surface area (Å²) in [5.41, 5.74) is 0. The lowest BCUT2D eigenvalue weighted by Crippen LogP contribution is -2.37. The average molecular weight is 179 g/mol. The molecule has 0 aromatic heterocycles. The second-order valence-corrected chi connectivity index (χ2v) is 4.25. The Kier molecular flexibility index (Phi) is 2.57. The first-order valence-electron chi connectivity index (χ1n) is 5.09. The molecule has 0 unspecified atom stereocenters. The summed E-state index contributed by atoms with van der Waals surface area (Å²) in [7, 11) is 0. The quantitative estimate of drug-likeness (QED) is 0.559. The lowest BCUT2D eigenvalue weighted by molar-refractivity contribution is 0.0363. The molecule has 0 aliphatic carbocycles. The number of morpholine rings is 1. The van der Waals surface area contributed by atoms with Crippen LogP contribution in [-0.2, 0) is 4.74 Å². The van der Waals surface area contributed by atoms with E-state index in [1.165, 1.54) is 6.42 Å². The van der Waals surface area contributed by atoms with Gasteiger partial charge in [-0.25, -0.2) is 0 Å². The number of hydrogen-bond acceptors (Lipinski definition) is 2. The summed E-state index contributed by atoms with van der Waals surface area (Å²) in [5.74, 6) is 6.93. The standard InChI is InChI=1S/C11H17NO/c1-9(2)4-3-5-12-7-11-6-10(12)8-13-11/h9-11H,5-8H2,1-2H3/t10-,11-/m0/s1. The van der Waals surface area contributed by atoms with Crippen LogP contribution in [0, 0.1) is 17.8 Å². The van der Waals surface area contributed by atoms with Gasteiger partial charge < -0.3 is 4.74 Å². The van der Waals surface area contributed by atoms with E-state index in [1.807, 2.05) is 0 Å². The van der Waals surface area contributed by atoms with Crippen LogP contribution >= 0.6 is 0 Å². The van der Waals surface area contributed by atoms with Crippen molar-refractivity contribution in [1.82, 2.24) is 4.90 Å². The first-order valence-corrected chi connectivity index (χ1v) is 5.09. The fourth-order valence-corrected chi connectivity index (χ4v) is 2.02. The zero-order chi connectivity index (χ0) is 9.26. The number of rotatable bonds is 1. The minimum Gasteiger partial charge on any atom is -0.375 e. The Morgan fingerprint density at radius 3 is 2.92 bits per heavy atom. The van der Waals surface area contributed by atoms with Crippen molar-refractivity contribution < 1.29 is 4.74 Å². The molecule has 2 heteroatoms.